The van der Waals surface area contributed by atoms with Gasteiger partial charge in [0.1, 0.15) is 5.15 Å². The monoisotopic (exact) mass is 221 g/mol. The molecule has 6 heteroatoms. The third kappa shape index (κ3) is 1.98. The summed E-state index contributed by atoms with van der Waals surface area (Å²) in [6.07, 6.45) is -2.87. The number of nitrogens with zero attached hydrogens (tertiary/aromatic N) is 1. The van der Waals surface area contributed by atoms with Gasteiger partial charge in [-0.2, -0.15) is 0 Å². The molecule has 1 heterocycles. The fraction of sp³-hybridized carbons (Fsp3) is 0.250. The number of hydrogen-bond acceptors (Lipinski definition) is 2. The highest BCUT2D eigenvalue weighted by Crippen LogP contribution is 2.25. The van der Waals surface area contributed by atoms with E-state index >= 15 is 0 Å². The van der Waals surface area contributed by atoms with E-state index in [2.05, 4.69) is 4.98 Å². The van der Waals surface area contributed by atoms with Crippen molar-refractivity contribution in [3.8, 4) is 0 Å². The van der Waals surface area contributed by atoms with E-state index in [0.29, 0.717) is 5.56 Å². The van der Waals surface area contributed by atoms with Crippen molar-refractivity contribution >= 4 is 17.6 Å². The minimum atomic E-state index is -2.87. The van der Waals surface area contributed by atoms with Gasteiger partial charge in [-0.1, -0.05) is 11.6 Å². The lowest BCUT2D eigenvalue weighted by molar-refractivity contribution is 0.0677. The van der Waals surface area contributed by atoms with Crippen LogP contribution in [0.5, 0.6) is 0 Å². The van der Waals surface area contributed by atoms with Crippen molar-refractivity contribution in [1.29, 1.82) is 0 Å². The second-order valence-corrected chi connectivity index (χ2v) is 3.00. The highest BCUT2D eigenvalue weighted by atomic mass is 35.5. The van der Waals surface area contributed by atoms with E-state index in [9.17, 15) is 13.6 Å². The van der Waals surface area contributed by atoms with E-state index < -0.39 is 23.7 Å². The SMILES string of the molecule is Cc1cc(C(F)F)c(C(=O)O)nc1Cl. The van der Waals surface area contributed by atoms with E-state index in [-0.39, 0.29) is 5.15 Å². The molecule has 0 atom stereocenters. The molecule has 1 aromatic rings. The predicted octanol–water partition coefficient (Wildman–Crippen LogP) is 2.68. The molecule has 0 aliphatic carbocycles. The quantitative estimate of drug-likeness (QED) is 0.781. The zero-order valence-electron chi connectivity index (χ0n) is 7.09. The number of rotatable bonds is 2. The van der Waals surface area contributed by atoms with Gasteiger partial charge in [0.25, 0.3) is 6.43 Å². The van der Waals surface area contributed by atoms with E-state index in [1.165, 1.54) is 6.92 Å². The van der Waals surface area contributed by atoms with E-state index in [1.54, 1.807) is 0 Å². The Bertz CT molecular complexity index is 382. The number of alkyl halides is 2. The summed E-state index contributed by atoms with van der Waals surface area (Å²) in [7, 11) is 0. The molecule has 1 rings (SSSR count). The van der Waals surface area contributed by atoms with Gasteiger partial charge in [0.2, 0.25) is 0 Å². The molecule has 0 aromatic carbocycles. The normalized spacial score (nSPS) is 10.6. The smallest absolute Gasteiger partial charge is 0.355 e. The minimum Gasteiger partial charge on any atom is -0.476 e. The Kier molecular flexibility index (Phi) is 3.00. The zero-order chi connectivity index (χ0) is 10.9. The van der Waals surface area contributed by atoms with Gasteiger partial charge >= 0.3 is 5.97 Å². The van der Waals surface area contributed by atoms with Crippen LogP contribution in [-0.2, 0) is 0 Å². The van der Waals surface area contributed by atoms with Gasteiger partial charge in [0, 0.05) is 0 Å². The lowest BCUT2D eigenvalue weighted by Crippen LogP contribution is -2.07. The molecule has 0 fully saturated rings. The van der Waals surface area contributed by atoms with Crippen LogP contribution < -0.4 is 0 Å². The maximum atomic E-state index is 12.4. The molecule has 76 valence electrons. The van der Waals surface area contributed by atoms with Gasteiger partial charge < -0.3 is 5.11 Å². The number of halogens is 3. The molecule has 0 spiro atoms. The molecule has 0 unspecified atom stereocenters. The Morgan fingerprint density at radius 2 is 2.21 bits per heavy atom. The van der Waals surface area contributed by atoms with Crippen LogP contribution in [0.4, 0.5) is 8.78 Å². The van der Waals surface area contributed by atoms with Crippen molar-refractivity contribution in [2.24, 2.45) is 0 Å². The van der Waals surface area contributed by atoms with Gasteiger partial charge in [-0.25, -0.2) is 18.6 Å². The van der Waals surface area contributed by atoms with Crippen LogP contribution in [0, 0.1) is 6.92 Å². The van der Waals surface area contributed by atoms with Crippen LogP contribution in [0.15, 0.2) is 6.07 Å². The van der Waals surface area contributed by atoms with Gasteiger partial charge in [-0.3, -0.25) is 0 Å². The standard InChI is InChI=1S/C8H6ClF2NO2/c1-3-2-4(7(10)11)5(8(13)14)12-6(3)9/h2,7H,1H3,(H,13,14). The van der Waals surface area contributed by atoms with Gasteiger partial charge in [-0.15, -0.1) is 0 Å². The summed E-state index contributed by atoms with van der Waals surface area (Å²) in [5.74, 6) is -1.51. The molecular weight excluding hydrogens is 216 g/mol. The number of pyridine rings is 1. The topological polar surface area (TPSA) is 50.2 Å². The Morgan fingerprint density at radius 1 is 1.64 bits per heavy atom. The number of aromatic nitrogens is 1. The first-order valence-electron chi connectivity index (χ1n) is 3.62. The first-order valence-corrected chi connectivity index (χ1v) is 3.99. The summed E-state index contributed by atoms with van der Waals surface area (Å²) in [5, 5.41) is 8.50. The third-order valence-electron chi connectivity index (χ3n) is 1.62. The largest absolute Gasteiger partial charge is 0.476 e. The Morgan fingerprint density at radius 3 is 2.64 bits per heavy atom. The van der Waals surface area contributed by atoms with Gasteiger partial charge in [0.05, 0.1) is 5.56 Å². The molecule has 0 saturated heterocycles. The predicted molar refractivity (Wildman–Crippen MR) is 45.9 cm³/mol. The molecule has 0 bridgehead atoms. The van der Waals surface area contributed by atoms with Crippen LogP contribution >= 0.6 is 11.6 Å². The van der Waals surface area contributed by atoms with E-state index in [1.807, 2.05) is 0 Å². The summed E-state index contributed by atoms with van der Waals surface area (Å²) in [5.41, 5.74) is -0.984. The third-order valence-corrected chi connectivity index (χ3v) is 2.00. The molecule has 1 aromatic heterocycles. The minimum absolute atomic E-state index is 0.0770. The maximum Gasteiger partial charge on any atom is 0.355 e. The average molecular weight is 222 g/mol. The Hall–Kier alpha value is -1.23. The Balaban J connectivity index is 3.39. The number of carbonyl (C=O) groups is 1. The molecule has 1 N–H and O–H groups in total. The summed E-state index contributed by atoms with van der Waals surface area (Å²) in [4.78, 5) is 13.9. The van der Waals surface area contributed by atoms with Crippen molar-refractivity contribution in [2.75, 3.05) is 0 Å². The summed E-state index contributed by atoms with van der Waals surface area (Å²) in [6, 6.07) is 1.03. The number of aromatic carboxylic acids is 1. The van der Waals surface area contributed by atoms with Crippen molar-refractivity contribution in [2.45, 2.75) is 13.3 Å². The lowest BCUT2D eigenvalue weighted by Gasteiger charge is -2.06. The van der Waals surface area contributed by atoms with Crippen molar-refractivity contribution in [3.63, 3.8) is 0 Å². The van der Waals surface area contributed by atoms with E-state index in [0.717, 1.165) is 6.07 Å². The molecule has 14 heavy (non-hydrogen) atoms. The number of carboxylic acid groups (broad SMARTS) is 1. The molecule has 0 radical (unpaired) electrons. The van der Waals surface area contributed by atoms with Crippen molar-refractivity contribution < 1.29 is 18.7 Å². The van der Waals surface area contributed by atoms with Crippen LogP contribution in [-0.4, -0.2) is 16.1 Å². The van der Waals surface area contributed by atoms with Crippen LogP contribution in [0.1, 0.15) is 28.0 Å². The molecule has 3 nitrogen and oxygen atoms in total. The number of aryl methyl sites for hydroxylation is 1. The first kappa shape index (κ1) is 10.8. The molecule has 0 saturated carbocycles. The van der Waals surface area contributed by atoms with Crippen molar-refractivity contribution in [3.05, 3.63) is 28.0 Å². The second kappa shape index (κ2) is 3.88. The molecule has 0 aliphatic heterocycles. The van der Waals surface area contributed by atoms with Gasteiger partial charge in [0.15, 0.2) is 5.69 Å². The highest BCUT2D eigenvalue weighted by Gasteiger charge is 2.20. The number of hydrogen-bond donors (Lipinski definition) is 1. The van der Waals surface area contributed by atoms with Crippen molar-refractivity contribution in [1.82, 2.24) is 4.98 Å². The fourth-order valence-corrected chi connectivity index (χ4v) is 1.09. The molecule has 0 aliphatic rings. The number of carboxylic acids is 1. The molecular formula is C8H6ClF2NO2. The summed E-state index contributed by atoms with van der Waals surface area (Å²) in [6.45, 7) is 1.48. The van der Waals surface area contributed by atoms with Crippen LogP contribution in [0.3, 0.4) is 0 Å². The highest BCUT2D eigenvalue weighted by molar-refractivity contribution is 6.30. The fourth-order valence-electron chi connectivity index (χ4n) is 0.950. The maximum absolute atomic E-state index is 12.4. The van der Waals surface area contributed by atoms with Gasteiger partial charge in [-0.05, 0) is 18.6 Å². The summed E-state index contributed by atoms with van der Waals surface area (Å²) < 4.78 is 24.7. The lowest BCUT2D eigenvalue weighted by atomic mass is 10.1. The molecule has 0 amide bonds. The average Bonchev–Trinajstić information content (AvgIpc) is 2.08. The van der Waals surface area contributed by atoms with E-state index in [4.69, 9.17) is 16.7 Å². The van der Waals surface area contributed by atoms with Crippen LogP contribution in [0.2, 0.25) is 5.15 Å². The first-order chi connectivity index (χ1) is 6.43. The Labute approximate surface area is 83.3 Å². The zero-order valence-corrected chi connectivity index (χ0v) is 7.85. The summed E-state index contributed by atoms with van der Waals surface area (Å²) >= 11 is 5.52. The second-order valence-electron chi connectivity index (χ2n) is 2.64. The van der Waals surface area contributed by atoms with Crippen LogP contribution in [0.25, 0.3) is 0 Å².